The van der Waals surface area contributed by atoms with Crippen LogP contribution < -0.4 is 5.32 Å². The highest BCUT2D eigenvalue weighted by atomic mass is 32.1. The maximum atomic E-state index is 14.0. The smallest absolute Gasteiger partial charge is 0.255 e. The Balaban J connectivity index is 1.30. The Morgan fingerprint density at radius 1 is 1.10 bits per heavy atom. The van der Waals surface area contributed by atoms with E-state index in [1.807, 2.05) is 50.5 Å². The van der Waals surface area contributed by atoms with Crippen LogP contribution in [0.1, 0.15) is 73.3 Å². The van der Waals surface area contributed by atoms with Crippen molar-refractivity contribution in [1.29, 1.82) is 0 Å². The first kappa shape index (κ1) is 29.0. The van der Waals surface area contributed by atoms with Crippen LogP contribution in [0.2, 0.25) is 0 Å². The maximum absolute atomic E-state index is 14.0. The van der Waals surface area contributed by atoms with E-state index in [2.05, 4.69) is 42.3 Å². The molecule has 1 unspecified atom stereocenters. The van der Waals surface area contributed by atoms with E-state index in [0.717, 1.165) is 35.2 Å². The molecule has 7 nitrogen and oxygen atoms in total. The summed E-state index contributed by atoms with van der Waals surface area (Å²) in [5.41, 5.74) is 7.97. The molecule has 1 saturated heterocycles. The third kappa shape index (κ3) is 5.94. The van der Waals surface area contributed by atoms with E-state index >= 15 is 0 Å². The van der Waals surface area contributed by atoms with Crippen LogP contribution in [0.3, 0.4) is 0 Å². The summed E-state index contributed by atoms with van der Waals surface area (Å²) in [6.07, 6.45) is 2.30. The highest BCUT2D eigenvalue weighted by molar-refractivity contribution is 7.13. The van der Waals surface area contributed by atoms with Gasteiger partial charge in [-0.05, 0) is 72.4 Å². The van der Waals surface area contributed by atoms with E-state index in [0.29, 0.717) is 37.5 Å². The first-order valence-corrected chi connectivity index (χ1v) is 15.5. The van der Waals surface area contributed by atoms with Gasteiger partial charge in [-0.3, -0.25) is 14.4 Å². The molecule has 41 heavy (non-hydrogen) atoms. The predicted octanol–water partition coefficient (Wildman–Crippen LogP) is 5.60. The van der Waals surface area contributed by atoms with Gasteiger partial charge in [-0.25, -0.2) is 4.98 Å². The molecule has 0 saturated carbocycles. The number of carbonyl (C=O) groups excluding carboxylic acids is 3. The second kappa shape index (κ2) is 12.1. The third-order valence-corrected chi connectivity index (χ3v) is 9.18. The van der Waals surface area contributed by atoms with Crippen molar-refractivity contribution in [2.75, 3.05) is 6.54 Å². The molecule has 3 aromatic rings. The summed E-state index contributed by atoms with van der Waals surface area (Å²) < 4.78 is 0. The second-order valence-electron chi connectivity index (χ2n) is 12.0. The number of fused-ring (bicyclic) bond motifs is 1. The Hall–Kier alpha value is -3.52. The first-order valence-electron chi connectivity index (χ1n) is 14.6. The van der Waals surface area contributed by atoms with E-state index < -0.39 is 12.1 Å². The van der Waals surface area contributed by atoms with Crippen molar-refractivity contribution in [3.63, 3.8) is 0 Å². The number of likely N-dealkylation sites (tertiary alicyclic amines) is 1. The lowest BCUT2D eigenvalue weighted by molar-refractivity contribution is -0.143. The number of nitrogens with zero attached hydrogens (tertiary/aromatic N) is 3. The van der Waals surface area contributed by atoms with Crippen molar-refractivity contribution >= 4 is 29.1 Å². The SMILES string of the molecule is Cc1ncsc1-c1ccc(CNC(=O)[C@@H]2CCCN2C(=O)C(C(C)C)N2Cc3ccccc3C2=O)c(CC(C)C)c1. The fourth-order valence-electron chi connectivity index (χ4n) is 6.20. The fourth-order valence-corrected chi connectivity index (χ4v) is 7.00. The normalized spacial score (nSPS) is 17.4. The lowest BCUT2D eigenvalue weighted by Crippen LogP contribution is -2.55. The summed E-state index contributed by atoms with van der Waals surface area (Å²) in [7, 11) is 0. The van der Waals surface area contributed by atoms with Gasteiger partial charge >= 0.3 is 0 Å². The van der Waals surface area contributed by atoms with Gasteiger partial charge in [-0.2, -0.15) is 0 Å². The molecule has 216 valence electrons. The van der Waals surface area contributed by atoms with Crippen molar-refractivity contribution in [3.8, 4) is 10.4 Å². The fraction of sp³-hybridized carbons (Fsp3) is 0.455. The van der Waals surface area contributed by atoms with E-state index in [4.69, 9.17) is 0 Å². The van der Waals surface area contributed by atoms with Crippen molar-refractivity contribution < 1.29 is 14.4 Å². The minimum atomic E-state index is -0.608. The van der Waals surface area contributed by atoms with Crippen LogP contribution >= 0.6 is 11.3 Å². The molecule has 0 bridgehead atoms. The summed E-state index contributed by atoms with van der Waals surface area (Å²) >= 11 is 1.64. The van der Waals surface area contributed by atoms with Crippen molar-refractivity contribution in [2.24, 2.45) is 11.8 Å². The van der Waals surface area contributed by atoms with E-state index in [1.54, 1.807) is 21.1 Å². The van der Waals surface area contributed by atoms with Crippen molar-refractivity contribution in [3.05, 3.63) is 75.9 Å². The quantitative estimate of drug-likeness (QED) is 0.362. The molecular weight excluding hydrogens is 532 g/mol. The molecule has 2 aliphatic rings. The summed E-state index contributed by atoms with van der Waals surface area (Å²) in [5.74, 6) is 0.0142. The molecule has 8 heteroatoms. The Morgan fingerprint density at radius 3 is 2.56 bits per heavy atom. The van der Waals surface area contributed by atoms with Crippen LogP contribution in [-0.2, 0) is 29.1 Å². The molecule has 2 aliphatic heterocycles. The summed E-state index contributed by atoms with van der Waals surface area (Å²) in [6, 6.07) is 12.8. The minimum absolute atomic E-state index is 0.0793. The van der Waals surface area contributed by atoms with Gasteiger partial charge in [0.2, 0.25) is 11.8 Å². The highest BCUT2D eigenvalue weighted by Crippen LogP contribution is 2.31. The Morgan fingerprint density at radius 2 is 1.88 bits per heavy atom. The zero-order chi connectivity index (χ0) is 29.3. The number of aryl methyl sites for hydroxylation is 1. The number of thiazole rings is 1. The number of hydrogen-bond acceptors (Lipinski definition) is 5. The number of aromatic nitrogens is 1. The van der Waals surface area contributed by atoms with Crippen LogP contribution in [0.5, 0.6) is 0 Å². The van der Waals surface area contributed by atoms with Gasteiger partial charge in [-0.1, -0.05) is 58.0 Å². The topological polar surface area (TPSA) is 82.6 Å². The molecule has 0 radical (unpaired) electrons. The van der Waals surface area contributed by atoms with Crippen LogP contribution in [0.25, 0.3) is 10.4 Å². The number of benzene rings is 2. The lowest BCUT2D eigenvalue weighted by Gasteiger charge is -2.35. The predicted molar refractivity (Wildman–Crippen MR) is 162 cm³/mol. The average molecular weight is 573 g/mol. The van der Waals surface area contributed by atoms with E-state index in [1.165, 1.54) is 10.4 Å². The van der Waals surface area contributed by atoms with Crippen LogP contribution in [0.15, 0.2) is 48.0 Å². The Kier molecular flexibility index (Phi) is 8.59. The first-order chi connectivity index (χ1) is 19.7. The van der Waals surface area contributed by atoms with Gasteiger partial charge < -0.3 is 15.1 Å². The minimum Gasteiger partial charge on any atom is -0.350 e. The highest BCUT2D eigenvalue weighted by Gasteiger charge is 2.43. The van der Waals surface area contributed by atoms with Gasteiger partial charge in [0.1, 0.15) is 12.1 Å². The summed E-state index contributed by atoms with van der Waals surface area (Å²) in [4.78, 5) is 49.7. The molecule has 0 aliphatic carbocycles. The monoisotopic (exact) mass is 572 g/mol. The number of carbonyl (C=O) groups is 3. The summed E-state index contributed by atoms with van der Waals surface area (Å²) in [5, 5.41) is 3.14. The van der Waals surface area contributed by atoms with Gasteiger partial charge in [0.05, 0.1) is 16.1 Å². The Labute approximate surface area is 247 Å². The van der Waals surface area contributed by atoms with Crippen LogP contribution in [-0.4, -0.2) is 51.1 Å². The molecule has 0 spiro atoms. The zero-order valence-corrected chi connectivity index (χ0v) is 25.5. The third-order valence-electron chi connectivity index (χ3n) is 8.20. The van der Waals surface area contributed by atoms with Gasteiger partial charge in [0.25, 0.3) is 5.91 Å². The lowest BCUT2D eigenvalue weighted by atomic mass is 9.95. The second-order valence-corrected chi connectivity index (χ2v) is 12.9. The molecule has 3 amide bonds. The molecule has 1 fully saturated rings. The number of hydrogen-bond donors (Lipinski definition) is 1. The Bertz CT molecular complexity index is 1450. The molecule has 3 heterocycles. The largest absolute Gasteiger partial charge is 0.350 e. The molecule has 2 atom stereocenters. The standard InChI is InChI=1S/C33H40N4O3S/c1-20(2)15-26-16-23(30-22(5)35-19-41-30)12-13-24(26)17-34-31(38)28-11-8-14-36(28)33(40)29(21(3)4)37-18-25-9-6-7-10-27(25)32(37)39/h6-7,9-10,12-13,16,19-21,28-29H,8,11,14-15,17-18H2,1-5H3,(H,34,38)/t28-,29?/m0/s1. The van der Waals surface area contributed by atoms with E-state index in [-0.39, 0.29) is 23.6 Å². The molecule has 2 aromatic carbocycles. The maximum Gasteiger partial charge on any atom is 0.255 e. The van der Waals surface area contributed by atoms with Gasteiger partial charge in [-0.15, -0.1) is 11.3 Å². The number of rotatable bonds is 9. The number of nitrogens with one attached hydrogen (secondary N) is 1. The van der Waals surface area contributed by atoms with Crippen molar-refractivity contribution in [1.82, 2.24) is 20.1 Å². The van der Waals surface area contributed by atoms with Crippen molar-refractivity contribution in [2.45, 2.75) is 79.1 Å². The molecule has 5 rings (SSSR count). The zero-order valence-electron chi connectivity index (χ0n) is 24.6. The molecular formula is C33H40N4O3S. The number of amides is 3. The summed E-state index contributed by atoms with van der Waals surface area (Å²) in [6.45, 7) is 11.7. The molecule has 1 N–H and O–H groups in total. The van der Waals surface area contributed by atoms with Crippen LogP contribution in [0, 0.1) is 18.8 Å². The molecule has 1 aromatic heterocycles. The van der Waals surface area contributed by atoms with Crippen LogP contribution in [0.4, 0.5) is 0 Å². The average Bonchev–Trinajstić information content (AvgIpc) is 3.67. The van der Waals surface area contributed by atoms with Gasteiger partial charge in [0.15, 0.2) is 0 Å². The van der Waals surface area contributed by atoms with Gasteiger partial charge in [0, 0.05) is 25.2 Å². The van der Waals surface area contributed by atoms with E-state index in [9.17, 15) is 14.4 Å².